The molecule has 1 N–H and O–H groups in total. The molecule has 4 nitrogen and oxygen atoms in total. The van der Waals surface area contributed by atoms with Crippen LogP contribution in [0.1, 0.15) is 27.2 Å². The Balaban J connectivity index is 2.23. The Kier molecular flexibility index (Phi) is 6.96. The summed E-state index contributed by atoms with van der Waals surface area (Å²) in [5.74, 6) is 0. The van der Waals surface area contributed by atoms with Gasteiger partial charge in [-0.25, -0.2) is 0 Å². The first-order chi connectivity index (χ1) is 7.77. The van der Waals surface area contributed by atoms with Crippen molar-refractivity contribution in [3.05, 3.63) is 0 Å². The summed E-state index contributed by atoms with van der Waals surface area (Å²) in [5, 5.41) is 3.40. The number of hydrogen-bond acceptors (Lipinski definition) is 4. The van der Waals surface area contributed by atoms with Gasteiger partial charge in [0.2, 0.25) is 0 Å². The lowest BCUT2D eigenvalue weighted by Gasteiger charge is -2.34. The van der Waals surface area contributed by atoms with E-state index >= 15 is 0 Å². The van der Waals surface area contributed by atoms with Crippen LogP contribution >= 0.6 is 0 Å². The van der Waals surface area contributed by atoms with Crippen LogP contribution in [0.3, 0.4) is 0 Å². The fourth-order valence-corrected chi connectivity index (χ4v) is 2.07. The van der Waals surface area contributed by atoms with E-state index in [9.17, 15) is 0 Å². The zero-order valence-electron chi connectivity index (χ0n) is 10.9. The molecular formula is C12H26N2O2. The standard InChI is InChI=1S/C12H26N2O2/c1-4-15-12(16-5-2)6-8-14-9-7-13-10-11(14)3/h11-13H,4-10H2,1-3H3/t11-/m1/s1. The van der Waals surface area contributed by atoms with Gasteiger partial charge in [-0.05, 0) is 20.8 Å². The Labute approximate surface area is 99.3 Å². The van der Waals surface area contributed by atoms with Gasteiger partial charge in [0.05, 0.1) is 0 Å². The summed E-state index contributed by atoms with van der Waals surface area (Å²) in [6, 6.07) is 0.623. The minimum absolute atomic E-state index is 0.0305. The van der Waals surface area contributed by atoms with Crippen LogP contribution in [0, 0.1) is 0 Å². The molecule has 1 atom stereocenters. The molecule has 0 aromatic carbocycles. The van der Waals surface area contributed by atoms with Gasteiger partial charge >= 0.3 is 0 Å². The zero-order valence-corrected chi connectivity index (χ0v) is 10.9. The molecule has 1 rings (SSSR count). The topological polar surface area (TPSA) is 33.7 Å². The first-order valence-corrected chi connectivity index (χ1v) is 6.45. The van der Waals surface area contributed by atoms with Crippen molar-refractivity contribution in [3.63, 3.8) is 0 Å². The molecule has 96 valence electrons. The minimum Gasteiger partial charge on any atom is -0.353 e. The molecule has 16 heavy (non-hydrogen) atoms. The molecule has 1 saturated heterocycles. The average molecular weight is 230 g/mol. The number of ether oxygens (including phenoxy) is 2. The van der Waals surface area contributed by atoms with Gasteiger partial charge < -0.3 is 14.8 Å². The average Bonchev–Trinajstić information content (AvgIpc) is 2.28. The van der Waals surface area contributed by atoms with Crippen molar-refractivity contribution in [3.8, 4) is 0 Å². The lowest BCUT2D eigenvalue weighted by molar-refractivity contribution is -0.142. The van der Waals surface area contributed by atoms with E-state index in [0.717, 1.165) is 45.8 Å². The molecule has 0 spiro atoms. The lowest BCUT2D eigenvalue weighted by atomic mass is 10.2. The van der Waals surface area contributed by atoms with Gasteiger partial charge in [0.1, 0.15) is 0 Å². The molecule has 0 amide bonds. The number of hydrogen-bond donors (Lipinski definition) is 1. The fraction of sp³-hybridized carbons (Fsp3) is 1.00. The second kappa shape index (κ2) is 8.01. The van der Waals surface area contributed by atoms with E-state index in [1.165, 1.54) is 0 Å². The quantitative estimate of drug-likeness (QED) is 0.663. The molecule has 0 aliphatic carbocycles. The van der Waals surface area contributed by atoms with Gasteiger partial charge in [0, 0.05) is 51.9 Å². The molecular weight excluding hydrogens is 204 g/mol. The highest BCUT2D eigenvalue weighted by molar-refractivity contribution is 4.75. The highest BCUT2D eigenvalue weighted by atomic mass is 16.7. The first kappa shape index (κ1) is 13.9. The second-order valence-corrected chi connectivity index (χ2v) is 4.22. The summed E-state index contributed by atoms with van der Waals surface area (Å²) in [6.45, 7) is 12.1. The molecule has 4 heteroatoms. The predicted molar refractivity (Wildman–Crippen MR) is 65.6 cm³/mol. The molecule has 1 fully saturated rings. The highest BCUT2D eigenvalue weighted by Gasteiger charge is 2.19. The number of piperazine rings is 1. The van der Waals surface area contributed by atoms with Crippen molar-refractivity contribution >= 4 is 0 Å². The zero-order chi connectivity index (χ0) is 11.8. The molecule has 0 saturated carbocycles. The van der Waals surface area contributed by atoms with Crippen molar-refractivity contribution < 1.29 is 9.47 Å². The van der Waals surface area contributed by atoms with Crippen LogP contribution in [-0.2, 0) is 9.47 Å². The highest BCUT2D eigenvalue weighted by Crippen LogP contribution is 2.07. The van der Waals surface area contributed by atoms with Gasteiger partial charge in [0.15, 0.2) is 6.29 Å². The maximum atomic E-state index is 5.54. The second-order valence-electron chi connectivity index (χ2n) is 4.22. The maximum absolute atomic E-state index is 5.54. The third-order valence-corrected chi connectivity index (χ3v) is 3.00. The molecule has 0 aromatic heterocycles. The molecule has 1 heterocycles. The van der Waals surface area contributed by atoms with Crippen LogP contribution in [0.5, 0.6) is 0 Å². The van der Waals surface area contributed by atoms with Crippen LogP contribution in [0.25, 0.3) is 0 Å². The van der Waals surface area contributed by atoms with E-state index in [-0.39, 0.29) is 6.29 Å². The van der Waals surface area contributed by atoms with Crippen molar-refractivity contribution in [1.82, 2.24) is 10.2 Å². The molecule has 0 bridgehead atoms. The third-order valence-electron chi connectivity index (χ3n) is 3.00. The predicted octanol–water partition coefficient (Wildman–Crippen LogP) is 1.07. The van der Waals surface area contributed by atoms with E-state index in [1.807, 2.05) is 13.8 Å². The van der Waals surface area contributed by atoms with E-state index in [1.54, 1.807) is 0 Å². The van der Waals surface area contributed by atoms with E-state index in [2.05, 4.69) is 17.1 Å². The normalized spacial score (nSPS) is 22.9. The van der Waals surface area contributed by atoms with Crippen molar-refractivity contribution in [2.45, 2.75) is 39.5 Å². The largest absolute Gasteiger partial charge is 0.353 e. The summed E-state index contributed by atoms with van der Waals surface area (Å²) in [6.07, 6.45) is 0.934. The van der Waals surface area contributed by atoms with Crippen molar-refractivity contribution in [2.75, 3.05) is 39.4 Å². The molecule has 0 aromatic rings. The lowest BCUT2D eigenvalue weighted by Crippen LogP contribution is -2.50. The number of nitrogens with zero attached hydrogens (tertiary/aromatic N) is 1. The van der Waals surface area contributed by atoms with Crippen molar-refractivity contribution in [1.29, 1.82) is 0 Å². The smallest absolute Gasteiger partial charge is 0.158 e. The number of rotatable bonds is 7. The van der Waals surface area contributed by atoms with Gasteiger partial charge in [-0.2, -0.15) is 0 Å². The summed E-state index contributed by atoms with van der Waals surface area (Å²) < 4.78 is 11.1. The Morgan fingerprint density at radius 2 is 2.00 bits per heavy atom. The Hall–Kier alpha value is -0.160. The van der Waals surface area contributed by atoms with Gasteiger partial charge in [-0.1, -0.05) is 0 Å². The van der Waals surface area contributed by atoms with Gasteiger partial charge in [-0.15, -0.1) is 0 Å². The Morgan fingerprint density at radius 1 is 1.31 bits per heavy atom. The first-order valence-electron chi connectivity index (χ1n) is 6.45. The molecule has 1 aliphatic rings. The molecule has 0 unspecified atom stereocenters. The van der Waals surface area contributed by atoms with E-state index < -0.39 is 0 Å². The summed E-state index contributed by atoms with van der Waals surface area (Å²) in [7, 11) is 0. The van der Waals surface area contributed by atoms with Crippen molar-refractivity contribution in [2.24, 2.45) is 0 Å². The van der Waals surface area contributed by atoms with Crippen LogP contribution in [0.15, 0.2) is 0 Å². The minimum atomic E-state index is -0.0305. The van der Waals surface area contributed by atoms with Crippen LogP contribution in [0.4, 0.5) is 0 Å². The summed E-state index contributed by atoms with van der Waals surface area (Å²) >= 11 is 0. The fourth-order valence-electron chi connectivity index (χ4n) is 2.07. The Bertz CT molecular complexity index is 172. The summed E-state index contributed by atoms with van der Waals surface area (Å²) in [4.78, 5) is 2.50. The number of nitrogens with one attached hydrogen (secondary N) is 1. The Morgan fingerprint density at radius 3 is 2.56 bits per heavy atom. The van der Waals surface area contributed by atoms with Gasteiger partial charge in [0.25, 0.3) is 0 Å². The SMILES string of the molecule is CCOC(CCN1CCNC[C@H]1C)OCC. The van der Waals surface area contributed by atoms with Crippen LogP contribution < -0.4 is 5.32 Å². The molecule has 1 aliphatic heterocycles. The summed E-state index contributed by atoms with van der Waals surface area (Å²) in [5.41, 5.74) is 0. The monoisotopic (exact) mass is 230 g/mol. The van der Waals surface area contributed by atoms with Crippen LogP contribution in [-0.4, -0.2) is 56.6 Å². The maximum Gasteiger partial charge on any atom is 0.158 e. The van der Waals surface area contributed by atoms with E-state index in [4.69, 9.17) is 9.47 Å². The molecule has 0 radical (unpaired) electrons. The van der Waals surface area contributed by atoms with Crippen LogP contribution in [0.2, 0.25) is 0 Å². The van der Waals surface area contributed by atoms with Gasteiger partial charge in [-0.3, -0.25) is 4.90 Å². The van der Waals surface area contributed by atoms with E-state index in [0.29, 0.717) is 6.04 Å². The third kappa shape index (κ3) is 4.78.